The molecule has 3 aromatic rings. The van der Waals surface area contributed by atoms with Gasteiger partial charge in [-0.25, -0.2) is 0 Å². The van der Waals surface area contributed by atoms with Crippen LogP contribution in [0.4, 0.5) is 0 Å². The maximum absolute atomic E-state index is 13.4. The molecule has 0 spiro atoms. The van der Waals surface area contributed by atoms with E-state index in [2.05, 4.69) is 6.58 Å². The highest BCUT2D eigenvalue weighted by Gasteiger charge is 2.46. The van der Waals surface area contributed by atoms with Gasteiger partial charge in [-0.1, -0.05) is 55.1 Å². The summed E-state index contributed by atoms with van der Waals surface area (Å²) in [7, 11) is 0. The zero-order valence-corrected chi connectivity index (χ0v) is 20.7. The van der Waals surface area contributed by atoms with Crippen molar-refractivity contribution in [1.29, 1.82) is 0 Å². The molecule has 1 saturated heterocycles. The van der Waals surface area contributed by atoms with Gasteiger partial charge in [-0.2, -0.15) is 0 Å². The smallest absolute Gasteiger partial charge is 0.295 e. The topological polar surface area (TPSA) is 76.1 Å². The molecule has 2 heterocycles. The standard InChI is InChI=1S/C31H29NO5/c1-3-16-36-25-11-7-10-22(19-25)28-27(29(33)23-12-13-26-24(18-23)17-20(2)37-26)30(34)31(35)32(28)15-14-21-8-5-4-6-9-21/h3-13,18-20,28,33H,1,14-17H2,2H3. The number of aliphatic hydroxyl groups excluding tert-OH is 1. The SMILES string of the molecule is C=CCOc1cccc(C2C(=C(O)c3ccc4c(c3)CC(C)O4)C(=O)C(=O)N2CCc2ccccc2)c1. The van der Waals surface area contributed by atoms with Crippen molar-refractivity contribution in [3.63, 3.8) is 0 Å². The van der Waals surface area contributed by atoms with E-state index in [0.717, 1.165) is 16.9 Å². The number of amides is 1. The molecule has 2 aliphatic rings. The second-order valence-corrected chi connectivity index (χ2v) is 9.36. The third kappa shape index (κ3) is 4.87. The minimum atomic E-state index is -0.751. The highest BCUT2D eigenvalue weighted by molar-refractivity contribution is 6.46. The number of carbonyl (C=O) groups excluding carboxylic acids is 2. The summed E-state index contributed by atoms with van der Waals surface area (Å²) in [5.41, 5.74) is 3.27. The van der Waals surface area contributed by atoms with Crippen molar-refractivity contribution in [2.75, 3.05) is 13.2 Å². The van der Waals surface area contributed by atoms with Crippen LogP contribution >= 0.6 is 0 Å². The van der Waals surface area contributed by atoms with Crippen LogP contribution in [0.5, 0.6) is 11.5 Å². The van der Waals surface area contributed by atoms with Crippen LogP contribution in [0, 0.1) is 0 Å². The van der Waals surface area contributed by atoms with E-state index in [0.29, 0.717) is 42.9 Å². The van der Waals surface area contributed by atoms with E-state index in [9.17, 15) is 14.7 Å². The van der Waals surface area contributed by atoms with Crippen LogP contribution in [-0.4, -0.2) is 41.0 Å². The number of benzene rings is 3. The summed E-state index contributed by atoms with van der Waals surface area (Å²) in [6.45, 7) is 6.32. The number of ketones is 1. The molecular weight excluding hydrogens is 466 g/mol. The van der Waals surface area contributed by atoms with Crippen LogP contribution in [0.3, 0.4) is 0 Å². The number of hydrogen-bond donors (Lipinski definition) is 1. The third-order valence-electron chi connectivity index (χ3n) is 6.74. The van der Waals surface area contributed by atoms with Crippen LogP contribution in [0.1, 0.15) is 35.2 Å². The lowest BCUT2D eigenvalue weighted by Crippen LogP contribution is -2.31. The van der Waals surface area contributed by atoms with Crippen LogP contribution in [0.2, 0.25) is 0 Å². The van der Waals surface area contributed by atoms with Gasteiger partial charge in [0.15, 0.2) is 0 Å². The van der Waals surface area contributed by atoms with Crippen molar-refractivity contribution in [3.8, 4) is 11.5 Å². The highest BCUT2D eigenvalue weighted by atomic mass is 16.5. The Kier molecular flexibility index (Phi) is 6.82. The first-order valence-corrected chi connectivity index (χ1v) is 12.4. The predicted molar refractivity (Wildman–Crippen MR) is 142 cm³/mol. The molecule has 0 bridgehead atoms. The van der Waals surface area contributed by atoms with Gasteiger partial charge in [0.05, 0.1) is 11.6 Å². The van der Waals surface area contributed by atoms with Crippen LogP contribution in [-0.2, 0) is 22.4 Å². The summed E-state index contributed by atoms with van der Waals surface area (Å²) in [4.78, 5) is 28.2. The molecule has 0 aliphatic carbocycles. The van der Waals surface area contributed by atoms with Crippen molar-refractivity contribution < 1.29 is 24.2 Å². The quantitative estimate of drug-likeness (QED) is 0.200. The number of fused-ring (bicyclic) bond motifs is 1. The Labute approximate surface area is 216 Å². The molecule has 2 atom stereocenters. The van der Waals surface area contributed by atoms with E-state index in [1.165, 1.54) is 0 Å². The van der Waals surface area contributed by atoms with Gasteiger partial charge in [0.1, 0.15) is 30.0 Å². The van der Waals surface area contributed by atoms with Gasteiger partial charge in [-0.3, -0.25) is 9.59 Å². The zero-order chi connectivity index (χ0) is 25.9. The van der Waals surface area contributed by atoms with Gasteiger partial charge >= 0.3 is 0 Å². The first-order chi connectivity index (χ1) is 18.0. The fraction of sp³-hybridized carbons (Fsp3) is 0.226. The molecule has 1 N–H and O–H groups in total. The van der Waals surface area contributed by atoms with Crippen molar-refractivity contribution in [1.82, 2.24) is 4.90 Å². The molecule has 5 rings (SSSR count). The second-order valence-electron chi connectivity index (χ2n) is 9.36. The average molecular weight is 496 g/mol. The molecule has 3 aromatic carbocycles. The Balaban J connectivity index is 1.57. The first kappa shape index (κ1) is 24.4. The van der Waals surface area contributed by atoms with E-state index >= 15 is 0 Å². The fourth-order valence-corrected chi connectivity index (χ4v) is 5.01. The number of aliphatic hydroxyl groups is 1. The summed E-state index contributed by atoms with van der Waals surface area (Å²) >= 11 is 0. The third-order valence-corrected chi connectivity index (χ3v) is 6.74. The van der Waals surface area contributed by atoms with E-state index in [1.54, 1.807) is 29.2 Å². The Morgan fingerprint density at radius 1 is 1.11 bits per heavy atom. The number of hydrogen-bond acceptors (Lipinski definition) is 5. The van der Waals surface area contributed by atoms with Gasteiger partial charge in [0.25, 0.3) is 11.7 Å². The summed E-state index contributed by atoms with van der Waals surface area (Å²) in [6.07, 6.45) is 2.99. The molecule has 0 saturated carbocycles. The van der Waals surface area contributed by atoms with Gasteiger partial charge < -0.3 is 19.5 Å². The van der Waals surface area contributed by atoms with Gasteiger partial charge in [-0.05, 0) is 60.4 Å². The molecule has 1 fully saturated rings. The van der Waals surface area contributed by atoms with Crippen LogP contribution in [0.25, 0.3) is 5.76 Å². The molecule has 6 heteroatoms. The molecule has 6 nitrogen and oxygen atoms in total. The van der Waals surface area contributed by atoms with E-state index < -0.39 is 17.7 Å². The first-order valence-electron chi connectivity index (χ1n) is 12.4. The average Bonchev–Trinajstić information content (AvgIpc) is 3.41. The van der Waals surface area contributed by atoms with E-state index in [1.807, 2.05) is 61.5 Å². The molecule has 188 valence electrons. The number of Topliss-reactive ketones (excluding diaryl/α,β-unsaturated/α-hetero) is 1. The zero-order valence-electron chi connectivity index (χ0n) is 20.7. The number of carbonyl (C=O) groups is 2. The molecule has 0 radical (unpaired) electrons. The normalized spacial score (nSPS) is 20.0. The molecule has 2 aliphatic heterocycles. The minimum Gasteiger partial charge on any atom is -0.507 e. The maximum atomic E-state index is 13.4. The monoisotopic (exact) mass is 495 g/mol. The molecule has 2 unspecified atom stereocenters. The second kappa shape index (κ2) is 10.3. The molecule has 0 aromatic heterocycles. The highest BCUT2D eigenvalue weighted by Crippen LogP contribution is 2.41. The summed E-state index contributed by atoms with van der Waals surface area (Å²) < 4.78 is 11.5. The Bertz CT molecular complexity index is 1380. The molecular formula is C31H29NO5. The van der Waals surface area contributed by atoms with Crippen molar-refractivity contribution in [2.24, 2.45) is 0 Å². The lowest BCUT2D eigenvalue weighted by Gasteiger charge is -2.26. The largest absolute Gasteiger partial charge is 0.507 e. The lowest BCUT2D eigenvalue weighted by atomic mass is 9.94. The number of ether oxygens (including phenoxy) is 2. The lowest BCUT2D eigenvalue weighted by molar-refractivity contribution is -0.139. The summed E-state index contributed by atoms with van der Waals surface area (Å²) in [5, 5.41) is 11.4. The maximum Gasteiger partial charge on any atom is 0.295 e. The van der Waals surface area contributed by atoms with E-state index in [4.69, 9.17) is 9.47 Å². The van der Waals surface area contributed by atoms with E-state index in [-0.39, 0.29) is 17.4 Å². The van der Waals surface area contributed by atoms with Crippen molar-refractivity contribution >= 4 is 17.4 Å². The van der Waals surface area contributed by atoms with Gasteiger partial charge in [0.2, 0.25) is 0 Å². The predicted octanol–water partition coefficient (Wildman–Crippen LogP) is 5.24. The minimum absolute atomic E-state index is 0.0502. The molecule has 1 amide bonds. The summed E-state index contributed by atoms with van der Waals surface area (Å²) in [5.74, 6) is -0.146. The van der Waals surface area contributed by atoms with Crippen LogP contribution < -0.4 is 9.47 Å². The fourth-order valence-electron chi connectivity index (χ4n) is 5.01. The van der Waals surface area contributed by atoms with Crippen molar-refractivity contribution in [2.45, 2.75) is 31.9 Å². The Hall–Kier alpha value is -4.32. The Morgan fingerprint density at radius 2 is 1.92 bits per heavy atom. The van der Waals surface area contributed by atoms with Gasteiger partial charge in [0, 0.05) is 18.5 Å². The Morgan fingerprint density at radius 3 is 2.70 bits per heavy atom. The number of rotatable bonds is 8. The molecule has 37 heavy (non-hydrogen) atoms. The van der Waals surface area contributed by atoms with Crippen molar-refractivity contribution in [3.05, 3.63) is 113 Å². The van der Waals surface area contributed by atoms with Crippen LogP contribution in [0.15, 0.2) is 91.0 Å². The number of nitrogens with zero attached hydrogens (tertiary/aromatic N) is 1. The summed E-state index contributed by atoms with van der Waals surface area (Å²) in [6, 6.07) is 21.7. The number of likely N-dealkylation sites (tertiary alicyclic amines) is 1. The van der Waals surface area contributed by atoms with Gasteiger partial charge in [-0.15, -0.1) is 0 Å².